The summed E-state index contributed by atoms with van der Waals surface area (Å²) in [5, 5.41) is 7.88. The largest absolute Gasteiger partial charge is 0.345 e. The first-order chi connectivity index (χ1) is 14.2. The van der Waals surface area contributed by atoms with E-state index in [2.05, 4.69) is 25.3 Å². The van der Waals surface area contributed by atoms with Crippen LogP contribution in [0.2, 0.25) is 0 Å². The van der Waals surface area contributed by atoms with E-state index in [1.807, 2.05) is 17.5 Å². The van der Waals surface area contributed by atoms with E-state index < -0.39 is 15.9 Å². The lowest BCUT2D eigenvalue weighted by atomic mass is 10.1. The number of sulfonamides is 1. The van der Waals surface area contributed by atoms with Crippen LogP contribution in [0.25, 0.3) is 11.3 Å². The summed E-state index contributed by atoms with van der Waals surface area (Å²) in [6.07, 6.45) is 4.34. The monoisotopic (exact) mass is 445 g/mol. The van der Waals surface area contributed by atoms with E-state index in [-0.39, 0.29) is 23.7 Å². The average molecular weight is 446 g/mol. The Labute approximate surface area is 177 Å². The second kappa shape index (κ2) is 9.01. The van der Waals surface area contributed by atoms with E-state index in [4.69, 9.17) is 0 Å². The number of anilines is 2. The molecule has 0 spiro atoms. The third-order valence-electron chi connectivity index (χ3n) is 3.81. The average Bonchev–Trinajstić information content (AvgIpc) is 3.15. The molecule has 30 heavy (non-hydrogen) atoms. The van der Waals surface area contributed by atoms with Crippen molar-refractivity contribution in [3.63, 3.8) is 0 Å². The van der Waals surface area contributed by atoms with E-state index >= 15 is 0 Å². The van der Waals surface area contributed by atoms with Crippen molar-refractivity contribution >= 4 is 44.5 Å². The minimum absolute atomic E-state index is 0.0811. The van der Waals surface area contributed by atoms with Gasteiger partial charge in [0.2, 0.25) is 15.9 Å². The Morgan fingerprint density at radius 3 is 2.53 bits per heavy atom. The summed E-state index contributed by atoms with van der Waals surface area (Å²) >= 11 is 1.39. The zero-order valence-corrected chi connectivity index (χ0v) is 17.8. The SMILES string of the molecule is CC(=O)Nc1ccc(NS(C)(=O)=O)c(C(=O)NCc2nc(-c3ccncc3)cs2)c1. The fourth-order valence-electron chi connectivity index (χ4n) is 2.60. The quantitative estimate of drug-likeness (QED) is 0.512. The van der Waals surface area contributed by atoms with Crippen LogP contribution in [0.5, 0.6) is 0 Å². The lowest BCUT2D eigenvalue weighted by molar-refractivity contribution is -0.114. The molecule has 0 fully saturated rings. The number of amides is 2. The number of hydrogen-bond donors (Lipinski definition) is 3. The summed E-state index contributed by atoms with van der Waals surface area (Å²) in [5.74, 6) is -0.814. The minimum Gasteiger partial charge on any atom is -0.345 e. The van der Waals surface area contributed by atoms with E-state index in [1.165, 1.54) is 36.5 Å². The second-order valence-corrected chi connectivity index (χ2v) is 9.05. The van der Waals surface area contributed by atoms with Crippen molar-refractivity contribution in [2.24, 2.45) is 0 Å². The van der Waals surface area contributed by atoms with Gasteiger partial charge in [-0.1, -0.05) is 0 Å². The van der Waals surface area contributed by atoms with Crippen molar-refractivity contribution < 1.29 is 18.0 Å². The predicted molar refractivity (Wildman–Crippen MR) is 116 cm³/mol. The van der Waals surface area contributed by atoms with Crippen molar-refractivity contribution in [3.8, 4) is 11.3 Å². The molecule has 2 aromatic heterocycles. The zero-order valence-electron chi connectivity index (χ0n) is 16.2. The molecule has 1 aromatic carbocycles. The molecule has 0 saturated heterocycles. The zero-order chi connectivity index (χ0) is 21.7. The van der Waals surface area contributed by atoms with Crippen molar-refractivity contribution in [3.05, 3.63) is 58.7 Å². The molecule has 11 heteroatoms. The van der Waals surface area contributed by atoms with Crippen LogP contribution < -0.4 is 15.4 Å². The fourth-order valence-corrected chi connectivity index (χ4v) is 3.92. The Balaban J connectivity index is 1.78. The summed E-state index contributed by atoms with van der Waals surface area (Å²) in [5.41, 5.74) is 2.26. The highest BCUT2D eigenvalue weighted by Crippen LogP contribution is 2.23. The standard InChI is InChI=1S/C19H19N5O4S2/c1-12(25)22-14-3-4-16(24-30(2,27)28)15(9-14)19(26)21-10-18-23-17(11-29-18)13-5-7-20-8-6-13/h3-9,11,24H,10H2,1-2H3,(H,21,26)(H,22,25). The van der Waals surface area contributed by atoms with E-state index in [0.717, 1.165) is 17.5 Å². The molecule has 9 nitrogen and oxygen atoms in total. The summed E-state index contributed by atoms with van der Waals surface area (Å²) in [7, 11) is -3.60. The number of nitrogens with zero attached hydrogens (tertiary/aromatic N) is 2. The Kier molecular flexibility index (Phi) is 6.43. The van der Waals surface area contributed by atoms with Crippen molar-refractivity contribution in [1.82, 2.24) is 15.3 Å². The van der Waals surface area contributed by atoms with Crippen molar-refractivity contribution in [2.75, 3.05) is 16.3 Å². The lowest BCUT2D eigenvalue weighted by Crippen LogP contribution is -2.25. The van der Waals surface area contributed by atoms with Crippen LogP contribution in [0, 0.1) is 0 Å². The van der Waals surface area contributed by atoms with Gasteiger partial charge in [0.25, 0.3) is 5.91 Å². The molecule has 156 valence electrons. The van der Waals surface area contributed by atoms with Gasteiger partial charge in [0.1, 0.15) is 5.01 Å². The number of aromatic nitrogens is 2. The maximum Gasteiger partial charge on any atom is 0.253 e. The summed E-state index contributed by atoms with van der Waals surface area (Å²) in [6, 6.07) is 8.02. The summed E-state index contributed by atoms with van der Waals surface area (Å²) < 4.78 is 25.6. The molecule has 0 bridgehead atoms. The van der Waals surface area contributed by atoms with Gasteiger partial charge in [-0.05, 0) is 30.3 Å². The number of carbonyl (C=O) groups is 2. The Bertz CT molecular complexity index is 1180. The normalized spacial score (nSPS) is 11.0. The summed E-state index contributed by atoms with van der Waals surface area (Å²) in [6.45, 7) is 1.50. The highest BCUT2D eigenvalue weighted by molar-refractivity contribution is 7.92. The highest BCUT2D eigenvalue weighted by atomic mass is 32.2. The number of nitrogens with one attached hydrogen (secondary N) is 3. The van der Waals surface area contributed by atoms with E-state index in [9.17, 15) is 18.0 Å². The van der Waals surface area contributed by atoms with Gasteiger partial charge < -0.3 is 10.6 Å². The molecule has 3 N–H and O–H groups in total. The Morgan fingerprint density at radius 1 is 1.13 bits per heavy atom. The molecular formula is C19H19N5O4S2. The molecule has 0 aliphatic rings. The van der Waals surface area contributed by atoms with E-state index in [0.29, 0.717) is 10.7 Å². The number of rotatable bonds is 7. The molecule has 2 heterocycles. The fraction of sp³-hybridized carbons (Fsp3) is 0.158. The molecule has 0 saturated carbocycles. The summed E-state index contributed by atoms with van der Waals surface area (Å²) in [4.78, 5) is 32.5. The maximum absolute atomic E-state index is 12.7. The number of pyridine rings is 1. The van der Waals surface area contributed by atoms with Crippen LogP contribution in [0.3, 0.4) is 0 Å². The molecule has 3 aromatic rings. The Hall–Kier alpha value is -3.31. The molecule has 0 unspecified atom stereocenters. The number of benzene rings is 1. The van der Waals surface area contributed by atoms with Gasteiger partial charge in [-0.2, -0.15) is 0 Å². The van der Waals surface area contributed by atoms with Crippen molar-refractivity contribution in [1.29, 1.82) is 0 Å². The van der Waals surface area contributed by atoms with Gasteiger partial charge in [0, 0.05) is 35.9 Å². The van der Waals surface area contributed by atoms with Crippen molar-refractivity contribution in [2.45, 2.75) is 13.5 Å². The van der Waals surface area contributed by atoms with Gasteiger partial charge in [0.05, 0.1) is 29.7 Å². The highest BCUT2D eigenvalue weighted by Gasteiger charge is 2.16. The molecule has 0 atom stereocenters. The maximum atomic E-state index is 12.7. The molecule has 2 amide bonds. The first-order valence-electron chi connectivity index (χ1n) is 8.74. The molecule has 0 aliphatic heterocycles. The third kappa shape index (κ3) is 5.84. The van der Waals surface area contributed by atoms with E-state index in [1.54, 1.807) is 12.4 Å². The first kappa shape index (κ1) is 21.4. The molecular weight excluding hydrogens is 426 g/mol. The minimum atomic E-state index is -3.60. The first-order valence-corrected chi connectivity index (χ1v) is 11.5. The molecule has 0 radical (unpaired) electrons. The molecule has 3 rings (SSSR count). The van der Waals surface area contributed by atoms with Crippen LogP contribution in [0.1, 0.15) is 22.3 Å². The topological polar surface area (TPSA) is 130 Å². The van der Waals surface area contributed by atoms with Gasteiger partial charge in [-0.25, -0.2) is 13.4 Å². The van der Waals surface area contributed by atoms with Crippen LogP contribution >= 0.6 is 11.3 Å². The smallest absolute Gasteiger partial charge is 0.253 e. The number of carbonyl (C=O) groups excluding carboxylic acids is 2. The van der Waals surface area contributed by atoms with Gasteiger partial charge in [0.15, 0.2) is 0 Å². The second-order valence-electron chi connectivity index (χ2n) is 6.36. The van der Waals surface area contributed by atoms with Gasteiger partial charge in [-0.15, -0.1) is 11.3 Å². The predicted octanol–water partition coefficient (Wildman–Crippen LogP) is 2.46. The van der Waals surface area contributed by atoms with Crippen LogP contribution in [-0.2, 0) is 21.4 Å². The Morgan fingerprint density at radius 2 is 1.87 bits per heavy atom. The van der Waals surface area contributed by atoms with Gasteiger partial charge in [-0.3, -0.25) is 19.3 Å². The van der Waals surface area contributed by atoms with Crippen LogP contribution in [-0.4, -0.2) is 36.5 Å². The van der Waals surface area contributed by atoms with Gasteiger partial charge >= 0.3 is 0 Å². The number of thiazole rings is 1. The third-order valence-corrected chi connectivity index (χ3v) is 5.25. The lowest BCUT2D eigenvalue weighted by Gasteiger charge is -2.13. The van der Waals surface area contributed by atoms with Crippen LogP contribution in [0.4, 0.5) is 11.4 Å². The van der Waals surface area contributed by atoms with Crippen LogP contribution in [0.15, 0.2) is 48.1 Å². The number of hydrogen-bond acceptors (Lipinski definition) is 7. The molecule has 0 aliphatic carbocycles.